The molecule has 3 heterocycles. The molecule has 1 aromatic carbocycles. The molecule has 1 amide bonds. The second-order valence-electron chi connectivity index (χ2n) is 5.52. The number of anilines is 1. The number of nitrogens with zero attached hydrogens (tertiary/aromatic N) is 5. The molecule has 2 aromatic heterocycles. The molecular formula is C16H16N6O. The second kappa shape index (κ2) is 5.68. The Morgan fingerprint density at radius 3 is 3.13 bits per heavy atom. The molecule has 0 unspecified atom stereocenters. The Balaban J connectivity index is 1.37. The predicted octanol–water partition coefficient (Wildman–Crippen LogP) is 0.917. The molecule has 3 aromatic rings. The molecule has 0 saturated heterocycles. The zero-order chi connectivity index (χ0) is 15.6. The summed E-state index contributed by atoms with van der Waals surface area (Å²) >= 11 is 0. The smallest absolute Gasteiger partial charge is 0.251 e. The van der Waals surface area contributed by atoms with Crippen molar-refractivity contribution in [2.75, 3.05) is 24.5 Å². The van der Waals surface area contributed by atoms with Crippen LogP contribution in [0.5, 0.6) is 0 Å². The largest absolute Gasteiger partial charge is 0.369 e. The van der Waals surface area contributed by atoms with Gasteiger partial charge in [0.05, 0.1) is 0 Å². The lowest BCUT2D eigenvalue weighted by Gasteiger charge is -2.19. The molecule has 7 nitrogen and oxygen atoms in total. The summed E-state index contributed by atoms with van der Waals surface area (Å²) in [5.41, 5.74) is 3.78. The maximum absolute atomic E-state index is 12.2. The van der Waals surface area contributed by atoms with Crippen LogP contribution in [0.1, 0.15) is 15.9 Å². The number of para-hydroxylation sites is 1. The van der Waals surface area contributed by atoms with Gasteiger partial charge >= 0.3 is 0 Å². The van der Waals surface area contributed by atoms with Crippen LogP contribution in [-0.4, -0.2) is 45.6 Å². The van der Waals surface area contributed by atoms with E-state index in [0.717, 1.165) is 19.5 Å². The average molecular weight is 308 g/mol. The van der Waals surface area contributed by atoms with E-state index < -0.39 is 0 Å². The number of amides is 1. The van der Waals surface area contributed by atoms with Gasteiger partial charge in [0.2, 0.25) is 0 Å². The van der Waals surface area contributed by atoms with Crippen LogP contribution < -0.4 is 10.2 Å². The highest BCUT2D eigenvalue weighted by Crippen LogP contribution is 2.26. The minimum absolute atomic E-state index is 0.108. The number of carbonyl (C=O) groups excluding carboxylic acids is 1. The molecule has 116 valence electrons. The van der Waals surface area contributed by atoms with Gasteiger partial charge in [-0.1, -0.05) is 18.2 Å². The van der Waals surface area contributed by atoms with Crippen molar-refractivity contribution in [3.05, 3.63) is 53.7 Å². The van der Waals surface area contributed by atoms with Crippen LogP contribution in [-0.2, 0) is 6.42 Å². The summed E-state index contributed by atoms with van der Waals surface area (Å²) in [6.07, 6.45) is 2.75. The van der Waals surface area contributed by atoms with Crippen molar-refractivity contribution in [2.45, 2.75) is 6.42 Å². The maximum Gasteiger partial charge on any atom is 0.251 e. The fourth-order valence-electron chi connectivity index (χ4n) is 2.93. The van der Waals surface area contributed by atoms with E-state index in [1.807, 2.05) is 0 Å². The molecule has 7 heteroatoms. The Hall–Kier alpha value is -2.96. The number of hydrogen-bond acceptors (Lipinski definition) is 5. The quantitative estimate of drug-likeness (QED) is 0.775. The summed E-state index contributed by atoms with van der Waals surface area (Å²) in [4.78, 5) is 14.5. The van der Waals surface area contributed by atoms with Crippen LogP contribution in [0, 0.1) is 0 Å². The normalized spacial score (nSPS) is 13.3. The first-order valence-corrected chi connectivity index (χ1v) is 7.60. The van der Waals surface area contributed by atoms with Gasteiger partial charge in [-0.15, -0.1) is 5.10 Å². The number of benzene rings is 1. The Kier molecular flexibility index (Phi) is 3.38. The topological polar surface area (TPSA) is 75.4 Å². The number of fused-ring (bicyclic) bond motifs is 2. The van der Waals surface area contributed by atoms with E-state index >= 15 is 0 Å². The van der Waals surface area contributed by atoms with E-state index in [4.69, 9.17) is 0 Å². The van der Waals surface area contributed by atoms with Crippen molar-refractivity contribution in [2.24, 2.45) is 0 Å². The standard InChI is InChI=1S/C16H16N6O/c23-16(13-6-9-22-15(11-13)18-19-20-22)17-7-10-21-8-5-12-3-1-2-4-14(12)21/h1-4,6,9,11H,5,7-8,10H2,(H,17,23). The molecule has 1 N–H and O–H groups in total. The van der Waals surface area contributed by atoms with Crippen molar-refractivity contribution in [3.8, 4) is 0 Å². The third kappa shape index (κ3) is 2.61. The summed E-state index contributed by atoms with van der Waals surface area (Å²) in [5, 5.41) is 14.1. The molecule has 0 fully saturated rings. The highest BCUT2D eigenvalue weighted by Gasteiger charge is 2.17. The summed E-state index contributed by atoms with van der Waals surface area (Å²) in [5.74, 6) is -0.108. The minimum atomic E-state index is -0.108. The predicted molar refractivity (Wildman–Crippen MR) is 85.5 cm³/mol. The zero-order valence-electron chi connectivity index (χ0n) is 12.5. The lowest BCUT2D eigenvalue weighted by molar-refractivity contribution is 0.0954. The monoisotopic (exact) mass is 308 g/mol. The molecule has 1 aliphatic rings. The minimum Gasteiger partial charge on any atom is -0.369 e. The van der Waals surface area contributed by atoms with Gasteiger partial charge in [-0.2, -0.15) is 0 Å². The van der Waals surface area contributed by atoms with E-state index in [1.54, 1.807) is 18.3 Å². The number of hydrogen-bond donors (Lipinski definition) is 1. The highest BCUT2D eigenvalue weighted by atomic mass is 16.1. The van der Waals surface area contributed by atoms with E-state index in [1.165, 1.54) is 15.8 Å². The van der Waals surface area contributed by atoms with Gasteiger partial charge in [-0.05, 0) is 40.6 Å². The Morgan fingerprint density at radius 2 is 2.17 bits per heavy atom. The van der Waals surface area contributed by atoms with Crippen LogP contribution in [0.3, 0.4) is 0 Å². The van der Waals surface area contributed by atoms with Gasteiger partial charge in [0.25, 0.3) is 5.91 Å². The molecule has 0 spiro atoms. The lowest BCUT2D eigenvalue weighted by atomic mass is 10.2. The number of nitrogens with one attached hydrogen (secondary N) is 1. The van der Waals surface area contributed by atoms with E-state index in [2.05, 4.69) is 50.0 Å². The van der Waals surface area contributed by atoms with Gasteiger partial charge in [0.1, 0.15) is 0 Å². The van der Waals surface area contributed by atoms with Crippen molar-refractivity contribution in [3.63, 3.8) is 0 Å². The summed E-state index contributed by atoms with van der Waals surface area (Å²) in [7, 11) is 0. The van der Waals surface area contributed by atoms with Gasteiger partial charge < -0.3 is 10.2 Å². The van der Waals surface area contributed by atoms with Gasteiger partial charge in [-0.25, -0.2) is 4.52 Å². The van der Waals surface area contributed by atoms with Gasteiger partial charge in [0.15, 0.2) is 5.65 Å². The fraction of sp³-hybridized carbons (Fsp3) is 0.250. The summed E-state index contributed by atoms with van der Waals surface area (Å²) < 4.78 is 1.53. The third-order valence-electron chi connectivity index (χ3n) is 4.11. The number of aromatic nitrogens is 4. The van der Waals surface area contributed by atoms with Crippen LogP contribution in [0.15, 0.2) is 42.6 Å². The Bertz CT molecular complexity index is 858. The molecular weight excluding hydrogens is 292 g/mol. The Labute approximate surface area is 132 Å². The molecule has 0 atom stereocenters. The second-order valence-corrected chi connectivity index (χ2v) is 5.52. The number of carbonyl (C=O) groups is 1. The van der Waals surface area contributed by atoms with Crippen LogP contribution in [0.4, 0.5) is 5.69 Å². The number of tetrazole rings is 1. The van der Waals surface area contributed by atoms with E-state index in [-0.39, 0.29) is 5.91 Å². The van der Waals surface area contributed by atoms with Gasteiger partial charge in [0, 0.05) is 37.1 Å². The fourth-order valence-corrected chi connectivity index (χ4v) is 2.93. The van der Waals surface area contributed by atoms with Crippen molar-refractivity contribution in [1.29, 1.82) is 0 Å². The zero-order valence-corrected chi connectivity index (χ0v) is 12.5. The maximum atomic E-state index is 12.2. The van der Waals surface area contributed by atoms with Crippen LogP contribution in [0.25, 0.3) is 5.65 Å². The Morgan fingerprint density at radius 1 is 1.26 bits per heavy atom. The van der Waals surface area contributed by atoms with Crippen molar-refractivity contribution in [1.82, 2.24) is 25.4 Å². The third-order valence-corrected chi connectivity index (χ3v) is 4.11. The van der Waals surface area contributed by atoms with Gasteiger partial charge in [-0.3, -0.25) is 4.79 Å². The van der Waals surface area contributed by atoms with Crippen molar-refractivity contribution >= 4 is 17.2 Å². The van der Waals surface area contributed by atoms with Crippen LogP contribution in [0.2, 0.25) is 0 Å². The average Bonchev–Trinajstić information content (AvgIpc) is 3.21. The molecule has 23 heavy (non-hydrogen) atoms. The SMILES string of the molecule is O=C(NCCN1CCc2ccccc21)c1ccn2nnnc2c1. The molecule has 0 aliphatic carbocycles. The van der Waals surface area contributed by atoms with Crippen LogP contribution >= 0.6 is 0 Å². The highest BCUT2D eigenvalue weighted by molar-refractivity contribution is 5.94. The molecule has 4 rings (SSSR count). The molecule has 0 radical (unpaired) electrons. The molecule has 0 saturated carbocycles. The van der Waals surface area contributed by atoms with E-state index in [0.29, 0.717) is 17.8 Å². The lowest BCUT2D eigenvalue weighted by Crippen LogP contribution is -2.34. The van der Waals surface area contributed by atoms with Crippen molar-refractivity contribution < 1.29 is 4.79 Å². The summed E-state index contributed by atoms with van der Waals surface area (Å²) in [6.45, 7) is 2.41. The number of pyridine rings is 1. The first kappa shape index (κ1) is 13.7. The number of rotatable bonds is 4. The molecule has 0 bridgehead atoms. The first-order chi connectivity index (χ1) is 11.3. The first-order valence-electron chi connectivity index (χ1n) is 7.60. The van der Waals surface area contributed by atoms with E-state index in [9.17, 15) is 4.79 Å². The summed E-state index contributed by atoms with van der Waals surface area (Å²) in [6, 6.07) is 11.8. The molecule has 1 aliphatic heterocycles.